The van der Waals surface area contributed by atoms with E-state index in [0.717, 1.165) is 19.4 Å². The number of unbranched alkanes of at least 4 members (excludes halogenated alkanes) is 1. The number of nitrogens with two attached hydrogens (primary N) is 1. The van der Waals surface area contributed by atoms with Gasteiger partial charge in [-0.2, -0.15) is 0 Å². The van der Waals surface area contributed by atoms with Crippen LogP contribution in [0.2, 0.25) is 5.02 Å². The van der Waals surface area contributed by atoms with E-state index in [1.54, 1.807) is 6.92 Å². The number of nitrogens with zero attached hydrogens (tertiary/aromatic N) is 1. The zero-order chi connectivity index (χ0) is 13.0. The lowest BCUT2D eigenvalue weighted by molar-refractivity contribution is 0.0696. The minimum atomic E-state index is -1.12. The lowest BCUT2D eigenvalue weighted by atomic mass is 10.2. The summed E-state index contributed by atoms with van der Waals surface area (Å²) in [7, 11) is 0. The third-order valence-corrected chi connectivity index (χ3v) is 2.78. The maximum Gasteiger partial charge on any atom is 0.339 e. The molecule has 4 N–H and O–H groups in total. The molecule has 0 aliphatic carbocycles. The zero-order valence-corrected chi connectivity index (χ0v) is 10.6. The highest BCUT2D eigenvalue weighted by Crippen LogP contribution is 2.31. The number of aromatic carboxylic acids is 1. The molecular formula is C11H16ClN3O2. The fourth-order valence-electron chi connectivity index (χ4n) is 1.45. The van der Waals surface area contributed by atoms with E-state index in [4.69, 9.17) is 22.4 Å². The number of hydrogen-bond acceptors (Lipinski definition) is 4. The van der Waals surface area contributed by atoms with Gasteiger partial charge in [-0.05, 0) is 13.3 Å². The predicted octanol–water partition coefficient (Wildman–Crippen LogP) is 2.54. The van der Waals surface area contributed by atoms with E-state index in [0.29, 0.717) is 11.5 Å². The number of aromatic nitrogens is 1. The van der Waals surface area contributed by atoms with Gasteiger partial charge in [0.1, 0.15) is 5.56 Å². The molecule has 0 aliphatic rings. The van der Waals surface area contributed by atoms with Gasteiger partial charge in [0.15, 0.2) is 5.82 Å². The second kappa shape index (κ2) is 5.72. The second-order valence-electron chi connectivity index (χ2n) is 3.73. The number of aryl methyl sites for hydroxylation is 1. The Kier molecular flexibility index (Phi) is 4.57. The van der Waals surface area contributed by atoms with Crippen LogP contribution in [-0.2, 0) is 0 Å². The van der Waals surface area contributed by atoms with Crippen molar-refractivity contribution in [3.63, 3.8) is 0 Å². The highest BCUT2D eigenvalue weighted by molar-refractivity contribution is 6.36. The number of nitrogen functional groups attached to an aromatic ring is 1. The fourth-order valence-corrected chi connectivity index (χ4v) is 1.76. The van der Waals surface area contributed by atoms with Gasteiger partial charge in [0.05, 0.1) is 16.4 Å². The third-order valence-electron chi connectivity index (χ3n) is 2.39. The molecule has 0 aliphatic heterocycles. The first-order valence-corrected chi connectivity index (χ1v) is 5.79. The number of nitrogens with one attached hydrogen (secondary N) is 1. The van der Waals surface area contributed by atoms with Crippen LogP contribution >= 0.6 is 11.6 Å². The maximum absolute atomic E-state index is 11.0. The number of carboxylic acid groups (broad SMARTS) is 1. The molecule has 0 fully saturated rings. The quantitative estimate of drug-likeness (QED) is 0.706. The zero-order valence-electron chi connectivity index (χ0n) is 9.88. The summed E-state index contributed by atoms with van der Waals surface area (Å²) < 4.78 is 0. The molecule has 0 spiro atoms. The van der Waals surface area contributed by atoms with E-state index in [-0.39, 0.29) is 16.3 Å². The molecule has 1 heterocycles. The van der Waals surface area contributed by atoms with Crippen LogP contribution in [0.15, 0.2) is 0 Å². The normalized spacial score (nSPS) is 10.3. The molecule has 0 unspecified atom stereocenters. The fraction of sp³-hybridized carbons (Fsp3) is 0.455. The molecule has 0 atom stereocenters. The molecule has 0 saturated heterocycles. The van der Waals surface area contributed by atoms with Crippen LogP contribution in [0.4, 0.5) is 11.5 Å². The van der Waals surface area contributed by atoms with Crippen molar-refractivity contribution >= 4 is 29.1 Å². The van der Waals surface area contributed by atoms with Gasteiger partial charge in [0.2, 0.25) is 0 Å². The van der Waals surface area contributed by atoms with E-state index in [1.165, 1.54) is 0 Å². The van der Waals surface area contributed by atoms with Crippen LogP contribution in [0, 0.1) is 6.92 Å². The smallest absolute Gasteiger partial charge is 0.339 e. The average Bonchev–Trinajstić information content (AvgIpc) is 2.25. The lowest BCUT2D eigenvalue weighted by Crippen LogP contribution is -2.11. The highest BCUT2D eigenvalue weighted by Gasteiger charge is 2.19. The van der Waals surface area contributed by atoms with Gasteiger partial charge >= 0.3 is 5.97 Å². The molecule has 94 valence electrons. The molecule has 0 saturated carbocycles. The predicted molar refractivity (Wildman–Crippen MR) is 68.8 cm³/mol. The Morgan fingerprint density at radius 1 is 1.59 bits per heavy atom. The van der Waals surface area contributed by atoms with E-state index in [9.17, 15) is 4.79 Å². The number of anilines is 2. The summed E-state index contributed by atoms with van der Waals surface area (Å²) in [5.41, 5.74) is 6.26. The standard InChI is InChI=1S/C11H16ClN3O2/c1-3-4-5-14-10-9(13)8(12)7(11(16)17)6(2)15-10/h3-5,13H2,1-2H3,(H,14,15)(H,16,17). The number of pyridine rings is 1. The molecule has 1 aromatic heterocycles. The van der Waals surface area contributed by atoms with Crippen molar-refractivity contribution in [3.8, 4) is 0 Å². The summed E-state index contributed by atoms with van der Waals surface area (Å²) in [6.45, 7) is 4.40. The number of halogens is 1. The minimum Gasteiger partial charge on any atom is -0.478 e. The third kappa shape index (κ3) is 3.00. The van der Waals surface area contributed by atoms with E-state index >= 15 is 0 Å². The molecule has 0 bridgehead atoms. The average molecular weight is 258 g/mol. The second-order valence-corrected chi connectivity index (χ2v) is 4.11. The van der Waals surface area contributed by atoms with Crippen molar-refractivity contribution in [1.29, 1.82) is 0 Å². The van der Waals surface area contributed by atoms with Gasteiger partial charge in [0.25, 0.3) is 0 Å². The highest BCUT2D eigenvalue weighted by atomic mass is 35.5. The Morgan fingerprint density at radius 2 is 2.24 bits per heavy atom. The van der Waals surface area contributed by atoms with Gasteiger partial charge in [0, 0.05) is 6.54 Å². The number of carboxylic acids is 1. The van der Waals surface area contributed by atoms with E-state index in [1.807, 2.05) is 0 Å². The molecule has 17 heavy (non-hydrogen) atoms. The summed E-state index contributed by atoms with van der Waals surface area (Å²) in [4.78, 5) is 15.1. The summed E-state index contributed by atoms with van der Waals surface area (Å²) in [6.07, 6.45) is 2.03. The Bertz CT molecular complexity index is 435. The molecular weight excluding hydrogens is 242 g/mol. The van der Waals surface area contributed by atoms with Crippen molar-refractivity contribution in [2.45, 2.75) is 26.7 Å². The van der Waals surface area contributed by atoms with Crippen molar-refractivity contribution in [1.82, 2.24) is 4.98 Å². The van der Waals surface area contributed by atoms with Crippen LogP contribution in [0.3, 0.4) is 0 Å². The first-order chi connectivity index (χ1) is 7.99. The SMILES string of the molecule is CCCCNc1nc(C)c(C(=O)O)c(Cl)c1N. The van der Waals surface area contributed by atoms with Crippen LogP contribution < -0.4 is 11.1 Å². The lowest BCUT2D eigenvalue weighted by Gasteiger charge is -2.12. The molecule has 0 amide bonds. The first-order valence-electron chi connectivity index (χ1n) is 5.41. The Hall–Kier alpha value is -1.49. The summed E-state index contributed by atoms with van der Waals surface area (Å²) in [5.74, 6) is -0.669. The Morgan fingerprint density at radius 3 is 2.76 bits per heavy atom. The molecule has 6 heteroatoms. The monoisotopic (exact) mass is 257 g/mol. The van der Waals surface area contributed by atoms with Crippen molar-refractivity contribution in [3.05, 3.63) is 16.3 Å². The molecule has 5 nitrogen and oxygen atoms in total. The largest absolute Gasteiger partial charge is 0.478 e. The minimum absolute atomic E-state index is 0.0368. The van der Waals surface area contributed by atoms with Crippen molar-refractivity contribution in [2.24, 2.45) is 0 Å². The number of carbonyl (C=O) groups is 1. The van der Waals surface area contributed by atoms with Crippen LogP contribution in [0.25, 0.3) is 0 Å². The molecule has 0 aromatic carbocycles. The summed E-state index contributed by atoms with van der Waals surface area (Å²) in [5, 5.41) is 12.1. The number of hydrogen-bond donors (Lipinski definition) is 3. The topological polar surface area (TPSA) is 88.2 Å². The molecule has 1 aromatic rings. The molecule has 1 rings (SSSR count). The van der Waals surface area contributed by atoms with Gasteiger partial charge in [-0.1, -0.05) is 24.9 Å². The first kappa shape index (κ1) is 13.6. The molecule has 0 radical (unpaired) electrons. The summed E-state index contributed by atoms with van der Waals surface area (Å²) in [6, 6.07) is 0. The van der Waals surface area contributed by atoms with Crippen LogP contribution in [0.5, 0.6) is 0 Å². The van der Waals surface area contributed by atoms with Gasteiger partial charge < -0.3 is 16.2 Å². The van der Waals surface area contributed by atoms with Gasteiger partial charge in [-0.15, -0.1) is 0 Å². The van der Waals surface area contributed by atoms with Gasteiger partial charge in [-0.3, -0.25) is 0 Å². The van der Waals surface area contributed by atoms with Gasteiger partial charge in [-0.25, -0.2) is 9.78 Å². The Balaban J connectivity index is 3.07. The van der Waals surface area contributed by atoms with Crippen LogP contribution in [-0.4, -0.2) is 22.6 Å². The van der Waals surface area contributed by atoms with E-state index < -0.39 is 5.97 Å². The van der Waals surface area contributed by atoms with Crippen molar-refractivity contribution < 1.29 is 9.90 Å². The van der Waals surface area contributed by atoms with Crippen LogP contribution in [0.1, 0.15) is 35.8 Å². The summed E-state index contributed by atoms with van der Waals surface area (Å²) >= 11 is 5.93. The van der Waals surface area contributed by atoms with Crippen molar-refractivity contribution in [2.75, 3.05) is 17.6 Å². The van der Waals surface area contributed by atoms with E-state index in [2.05, 4.69) is 17.2 Å². The Labute approximate surface area is 105 Å². The maximum atomic E-state index is 11.0. The number of rotatable bonds is 5.